The van der Waals surface area contributed by atoms with Crippen LogP contribution in [0.15, 0.2) is 64.1 Å². The molecule has 0 fully saturated rings. The zero-order valence-electron chi connectivity index (χ0n) is 19.8. The molecule has 1 aromatic carbocycles. The van der Waals surface area contributed by atoms with Crippen LogP contribution >= 0.6 is 0 Å². The molecule has 0 saturated heterocycles. The summed E-state index contributed by atoms with van der Waals surface area (Å²) in [7, 11) is 0. The Hall–Kier alpha value is -3.87. The molecule has 7 nitrogen and oxygen atoms in total. The van der Waals surface area contributed by atoms with E-state index in [2.05, 4.69) is 4.98 Å². The van der Waals surface area contributed by atoms with E-state index < -0.39 is 5.60 Å². The van der Waals surface area contributed by atoms with Crippen molar-refractivity contribution in [2.75, 3.05) is 6.54 Å². The second-order valence-electron chi connectivity index (χ2n) is 9.65. The van der Waals surface area contributed by atoms with Gasteiger partial charge in [-0.15, -0.1) is 0 Å². The summed E-state index contributed by atoms with van der Waals surface area (Å²) in [5.74, 6) is 0.763. The maximum absolute atomic E-state index is 12.9. The molecule has 0 atom stereocenters. The van der Waals surface area contributed by atoms with Crippen molar-refractivity contribution in [2.24, 2.45) is 0 Å². The number of carbonyl (C=O) groups is 1. The first-order valence-corrected chi connectivity index (χ1v) is 11.4. The van der Waals surface area contributed by atoms with Gasteiger partial charge in [0.1, 0.15) is 16.9 Å². The van der Waals surface area contributed by atoms with Gasteiger partial charge in [-0.05, 0) is 63.9 Å². The molecule has 3 aromatic heterocycles. The fraction of sp³-hybridized carbons (Fsp3) is 0.296. The number of aromatic nitrogens is 2. The molecule has 0 radical (unpaired) electrons. The van der Waals surface area contributed by atoms with Gasteiger partial charge in [-0.3, -0.25) is 14.3 Å². The summed E-state index contributed by atoms with van der Waals surface area (Å²) in [6.07, 6.45) is 3.90. The standard InChI is InChI=1S/C27H27N3O4/c1-17-5-6-19(15-28-17)18-9-12-30(25(31)13-18)20-7-8-21-22-10-11-29(26(32)34-27(2,3)4)16-24(22)33-23(21)14-20/h5-9,12-15H,10-11,16H2,1-4H3. The summed E-state index contributed by atoms with van der Waals surface area (Å²) in [4.78, 5) is 31.4. The highest BCUT2D eigenvalue weighted by molar-refractivity contribution is 5.85. The highest BCUT2D eigenvalue weighted by Gasteiger charge is 2.29. The van der Waals surface area contributed by atoms with Crippen molar-refractivity contribution in [3.05, 3.63) is 82.2 Å². The molecule has 7 heteroatoms. The molecule has 174 valence electrons. The Balaban J connectivity index is 1.43. The fourth-order valence-electron chi connectivity index (χ4n) is 4.23. The maximum atomic E-state index is 12.9. The van der Waals surface area contributed by atoms with E-state index in [4.69, 9.17) is 9.15 Å². The SMILES string of the molecule is Cc1ccc(-c2ccn(-c3ccc4c5c(oc4c3)CN(C(=O)OC(C)(C)C)CC5)c(=O)c2)cn1. The molecule has 5 rings (SSSR count). The molecular formula is C27H27N3O4. The molecule has 34 heavy (non-hydrogen) atoms. The summed E-state index contributed by atoms with van der Waals surface area (Å²) in [6.45, 7) is 8.44. The Labute approximate surface area is 197 Å². The third kappa shape index (κ3) is 4.21. The van der Waals surface area contributed by atoms with Gasteiger partial charge < -0.3 is 14.1 Å². The quantitative estimate of drug-likeness (QED) is 0.411. The van der Waals surface area contributed by atoms with Crippen molar-refractivity contribution in [1.29, 1.82) is 0 Å². The Morgan fingerprint density at radius 2 is 1.91 bits per heavy atom. The van der Waals surface area contributed by atoms with Crippen LogP contribution in [0.3, 0.4) is 0 Å². The van der Waals surface area contributed by atoms with E-state index in [1.54, 1.807) is 27.9 Å². The van der Waals surface area contributed by atoms with E-state index in [-0.39, 0.29) is 11.7 Å². The van der Waals surface area contributed by atoms with E-state index in [0.717, 1.165) is 39.2 Å². The zero-order chi connectivity index (χ0) is 24.0. The van der Waals surface area contributed by atoms with Gasteiger partial charge in [0, 0.05) is 53.3 Å². The smallest absolute Gasteiger partial charge is 0.410 e. The second-order valence-corrected chi connectivity index (χ2v) is 9.65. The average Bonchev–Trinajstić information content (AvgIpc) is 3.15. The number of amides is 1. The van der Waals surface area contributed by atoms with Gasteiger partial charge in [0.25, 0.3) is 5.56 Å². The van der Waals surface area contributed by atoms with Crippen LogP contribution in [0, 0.1) is 6.92 Å². The summed E-state index contributed by atoms with van der Waals surface area (Å²) < 4.78 is 13.2. The fourth-order valence-corrected chi connectivity index (χ4v) is 4.23. The van der Waals surface area contributed by atoms with E-state index in [0.29, 0.717) is 25.1 Å². The van der Waals surface area contributed by atoms with Crippen LogP contribution in [0.4, 0.5) is 4.79 Å². The number of benzene rings is 1. The van der Waals surface area contributed by atoms with Crippen LogP contribution in [0.5, 0.6) is 0 Å². The summed E-state index contributed by atoms with van der Waals surface area (Å²) in [6, 6.07) is 13.2. The molecule has 1 aliphatic heterocycles. The molecule has 1 aliphatic rings. The zero-order valence-corrected chi connectivity index (χ0v) is 19.8. The third-order valence-corrected chi connectivity index (χ3v) is 5.92. The number of hydrogen-bond acceptors (Lipinski definition) is 5. The Bertz CT molecular complexity index is 1440. The average molecular weight is 458 g/mol. The first-order valence-electron chi connectivity index (χ1n) is 11.4. The number of fused-ring (bicyclic) bond motifs is 3. The number of rotatable bonds is 2. The van der Waals surface area contributed by atoms with E-state index in [1.165, 1.54) is 0 Å². The largest absolute Gasteiger partial charge is 0.459 e. The highest BCUT2D eigenvalue weighted by Crippen LogP contribution is 2.32. The lowest BCUT2D eigenvalue weighted by Crippen LogP contribution is -2.39. The summed E-state index contributed by atoms with van der Waals surface area (Å²) in [5.41, 5.74) is 4.51. The van der Waals surface area contributed by atoms with Gasteiger partial charge in [0.2, 0.25) is 0 Å². The number of hydrogen-bond donors (Lipinski definition) is 0. The molecule has 0 aliphatic carbocycles. The van der Waals surface area contributed by atoms with Crippen molar-refractivity contribution >= 4 is 17.1 Å². The Morgan fingerprint density at radius 1 is 1.09 bits per heavy atom. The van der Waals surface area contributed by atoms with Crippen LogP contribution in [-0.4, -0.2) is 32.7 Å². The van der Waals surface area contributed by atoms with E-state index in [1.807, 2.05) is 64.1 Å². The van der Waals surface area contributed by atoms with Gasteiger partial charge in [0.15, 0.2) is 0 Å². The number of furan rings is 1. The van der Waals surface area contributed by atoms with Gasteiger partial charge >= 0.3 is 6.09 Å². The number of carbonyl (C=O) groups excluding carboxylic acids is 1. The van der Waals surface area contributed by atoms with Crippen LogP contribution in [0.25, 0.3) is 27.8 Å². The van der Waals surface area contributed by atoms with E-state index >= 15 is 0 Å². The van der Waals surface area contributed by atoms with Gasteiger partial charge in [-0.2, -0.15) is 0 Å². The normalized spacial score (nSPS) is 13.7. The highest BCUT2D eigenvalue weighted by atomic mass is 16.6. The van der Waals surface area contributed by atoms with Gasteiger partial charge in [-0.25, -0.2) is 4.79 Å². The topological polar surface area (TPSA) is 77.6 Å². The van der Waals surface area contributed by atoms with Crippen molar-refractivity contribution in [3.8, 4) is 16.8 Å². The summed E-state index contributed by atoms with van der Waals surface area (Å²) in [5, 5.41) is 1.01. The molecule has 0 spiro atoms. The molecule has 0 unspecified atom stereocenters. The van der Waals surface area contributed by atoms with Crippen molar-refractivity contribution in [1.82, 2.24) is 14.5 Å². The minimum absolute atomic E-state index is 0.134. The van der Waals surface area contributed by atoms with Crippen molar-refractivity contribution in [3.63, 3.8) is 0 Å². The lowest BCUT2D eigenvalue weighted by molar-refractivity contribution is 0.0210. The van der Waals surface area contributed by atoms with Crippen LogP contribution < -0.4 is 5.56 Å². The van der Waals surface area contributed by atoms with Crippen LogP contribution in [0.2, 0.25) is 0 Å². The number of nitrogens with zero attached hydrogens (tertiary/aromatic N) is 3. The molecule has 0 saturated carbocycles. The summed E-state index contributed by atoms with van der Waals surface area (Å²) >= 11 is 0. The Kier molecular flexibility index (Phi) is 5.27. The predicted molar refractivity (Wildman–Crippen MR) is 130 cm³/mol. The monoisotopic (exact) mass is 457 g/mol. The molecule has 1 amide bonds. The minimum Gasteiger partial charge on any atom is -0.459 e. The van der Waals surface area contributed by atoms with Gasteiger partial charge in [0.05, 0.1) is 12.2 Å². The number of aryl methyl sites for hydroxylation is 1. The first-order chi connectivity index (χ1) is 16.2. The molecule has 0 N–H and O–H groups in total. The molecular weight excluding hydrogens is 430 g/mol. The number of pyridine rings is 2. The van der Waals surface area contributed by atoms with Crippen LogP contribution in [0.1, 0.15) is 37.8 Å². The van der Waals surface area contributed by atoms with Crippen molar-refractivity contribution < 1.29 is 13.9 Å². The van der Waals surface area contributed by atoms with E-state index in [9.17, 15) is 9.59 Å². The lowest BCUT2D eigenvalue weighted by Gasteiger charge is -2.29. The minimum atomic E-state index is -0.543. The molecule has 4 aromatic rings. The van der Waals surface area contributed by atoms with Crippen LogP contribution in [-0.2, 0) is 17.7 Å². The van der Waals surface area contributed by atoms with Gasteiger partial charge in [-0.1, -0.05) is 6.07 Å². The maximum Gasteiger partial charge on any atom is 0.410 e. The predicted octanol–water partition coefficient (Wildman–Crippen LogP) is 5.25. The molecule has 4 heterocycles. The first kappa shape index (κ1) is 21.9. The Morgan fingerprint density at radius 3 is 2.62 bits per heavy atom. The van der Waals surface area contributed by atoms with Crippen molar-refractivity contribution in [2.45, 2.75) is 46.3 Å². The third-order valence-electron chi connectivity index (χ3n) is 5.92. The number of ether oxygens (including phenoxy) is 1. The molecule has 0 bridgehead atoms. The lowest BCUT2D eigenvalue weighted by atomic mass is 10.0. The second kappa shape index (κ2) is 8.17.